The highest BCUT2D eigenvalue weighted by Crippen LogP contribution is 2.41. The molecule has 0 aliphatic heterocycles. The SMILES string of the molecule is COC1c2ccccc2CC1CC(=O)C(c1ccc(F)cc1)n1ncccc1=O. The van der Waals surface area contributed by atoms with E-state index in [0.717, 1.165) is 12.0 Å². The first-order valence-electron chi connectivity index (χ1n) is 9.51. The van der Waals surface area contributed by atoms with Gasteiger partial charge in [0.15, 0.2) is 5.78 Å². The van der Waals surface area contributed by atoms with E-state index in [0.29, 0.717) is 5.56 Å². The number of rotatable bonds is 6. The van der Waals surface area contributed by atoms with Crippen LogP contribution in [0.3, 0.4) is 0 Å². The Kier molecular flexibility index (Phi) is 5.36. The summed E-state index contributed by atoms with van der Waals surface area (Å²) in [5, 5.41) is 4.11. The number of hydrogen-bond donors (Lipinski definition) is 0. The molecule has 3 aromatic rings. The normalized spacial score (nSPS) is 19.0. The van der Waals surface area contributed by atoms with Crippen molar-refractivity contribution < 1.29 is 13.9 Å². The zero-order valence-electron chi connectivity index (χ0n) is 16.0. The lowest BCUT2D eigenvalue weighted by Crippen LogP contribution is -2.33. The zero-order chi connectivity index (χ0) is 20.4. The third-order valence-electron chi connectivity index (χ3n) is 5.47. The quantitative estimate of drug-likeness (QED) is 0.644. The monoisotopic (exact) mass is 392 g/mol. The summed E-state index contributed by atoms with van der Waals surface area (Å²) >= 11 is 0. The number of halogens is 1. The lowest BCUT2D eigenvalue weighted by molar-refractivity contribution is -0.123. The summed E-state index contributed by atoms with van der Waals surface area (Å²) in [4.78, 5) is 25.8. The summed E-state index contributed by atoms with van der Waals surface area (Å²) < 4.78 is 20.3. The Hall–Kier alpha value is -3.12. The molecule has 0 radical (unpaired) electrons. The molecule has 29 heavy (non-hydrogen) atoms. The van der Waals surface area contributed by atoms with Gasteiger partial charge in [0.25, 0.3) is 5.56 Å². The van der Waals surface area contributed by atoms with E-state index in [9.17, 15) is 14.0 Å². The number of fused-ring (bicyclic) bond motifs is 1. The molecule has 3 atom stereocenters. The van der Waals surface area contributed by atoms with Gasteiger partial charge in [-0.25, -0.2) is 9.07 Å². The first-order chi connectivity index (χ1) is 14.1. The number of nitrogens with zero attached hydrogens (tertiary/aromatic N) is 2. The van der Waals surface area contributed by atoms with Crippen LogP contribution >= 0.6 is 0 Å². The second-order valence-corrected chi connectivity index (χ2v) is 7.25. The first-order valence-corrected chi connectivity index (χ1v) is 9.51. The molecular weight excluding hydrogens is 371 g/mol. The minimum atomic E-state index is -0.912. The van der Waals surface area contributed by atoms with Crippen molar-refractivity contribution in [1.82, 2.24) is 9.78 Å². The number of benzene rings is 2. The molecule has 0 amide bonds. The molecule has 148 valence electrons. The van der Waals surface area contributed by atoms with Crippen molar-refractivity contribution in [3.05, 3.63) is 99.7 Å². The zero-order valence-corrected chi connectivity index (χ0v) is 16.0. The molecule has 0 saturated carbocycles. The highest BCUT2D eigenvalue weighted by atomic mass is 19.1. The Morgan fingerprint density at radius 1 is 1.17 bits per heavy atom. The van der Waals surface area contributed by atoms with E-state index in [4.69, 9.17) is 4.74 Å². The van der Waals surface area contributed by atoms with E-state index < -0.39 is 11.9 Å². The molecule has 1 heterocycles. The van der Waals surface area contributed by atoms with Crippen LogP contribution in [0.5, 0.6) is 0 Å². The maximum absolute atomic E-state index is 13.4. The number of Topliss-reactive ketones (excluding diaryl/α,β-unsaturated/α-hetero) is 1. The number of ketones is 1. The minimum absolute atomic E-state index is 0.0349. The molecule has 0 spiro atoms. The van der Waals surface area contributed by atoms with Gasteiger partial charge < -0.3 is 4.74 Å². The number of ether oxygens (including phenoxy) is 1. The highest BCUT2D eigenvalue weighted by Gasteiger charge is 2.36. The van der Waals surface area contributed by atoms with Crippen LogP contribution in [-0.4, -0.2) is 22.7 Å². The van der Waals surface area contributed by atoms with Gasteiger partial charge in [-0.3, -0.25) is 9.59 Å². The van der Waals surface area contributed by atoms with E-state index in [1.165, 1.54) is 52.8 Å². The van der Waals surface area contributed by atoms with Crippen LogP contribution in [0, 0.1) is 11.7 Å². The first kappa shape index (κ1) is 19.2. The molecule has 3 unspecified atom stereocenters. The summed E-state index contributed by atoms with van der Waals surface area (Å²) in [5.41, 5.74) is 2.42. The van der Waals surface area contributed by atoms with Gasteiger partial charge in [-0.15, -0.1) is 0 Å². The predicted molar refractivity (Wildman–Crippen MR) is 106 cm³/mol. The molecule has 0 bridgehead atoms. The minimum Gasteiger partial charge on any atom is -0.376 e. The number of hydrogen-bond acceptors (Lipinski definition) is 4. The third-order valence-corrected chi connectivity index (χ3v) is 5.47. The summed E-state index contributed by atoms with van der Waals surface area (Å²) in [6.45, 7) is 0. The van der Waals surface area contributed by atoms with Gasteiger partial charge in [0.2, 0.25) is 0 Å². The fourth-order valence-corrected chi connectivity index (χ4v) is 4.18. The van der Waals surface area contributed by atoms with Crippen LogP contribution in [-0.2, 0) is 16.0 Å². The average molecular weight is 392 g/mol. The standard InChI is InChI=1S/C23H21FN2O3/c1-29-23-17(13-16-5-2-3-6-19(16)23)14-20(27)22(15-8-10-18(24)11-9-15)26-21(28)7-4-12-25-26/h2-12,17,22-23H,13-14H2,1H3. The molecule has 0 N–H and O–H groups in total. The van der Waals surface area contributed by atoms with E-state index in [1.54, 1.807) is 7.11 Å². The Balaban J connectivity index is 1.67. The predicted octanol–water partition coefficient (Wildman–Crippen LogP) is 3.49. The Labute approximate surface area is 167 Å². The van der Waals surface area contributed by atoms with Gasteiger partial charge in [0, 0.05) is 31.7 Å². The molecule has 6 heteroatoms. The molecule has 0 fully saturated rings. The summed E-state index contributed by atoms with van der Waals surface area (Å²) in [6, 6.07) is 15.6. The molecular formula is C23H21FN2O3. The summed E-state index contributed by atoms with van der Waals surface area (Å²) in [6.07, 6.45) is 2.24. The molecule has 4 rings (SSSR count). The van der Waals surface area contributed by atoms with E-state index in [-0.39, 0.29) is 29.8 Å². The smallest absolute Gasteiger partial charge is 0.267 e. The van der Waals surface area contributed by atoms with Crippen molar-refractivity contribution >= 4 is 5.78 Å². The molecule has 0 saturated heterocycles. The number of carbonyl (C=O) groups is 1. The third kappa shape index (κ3) is 3.76. The summed E-state index contributed by atoms with van der Waals surface area (Å²) in [5.74, 6) is -0.594. The van der Waals surface area contributed by atoms with E-state index in [1.807, 2.05) is 24.3 Å². The van der Waals surface area contributed by atoms with Crippen LogP contribution in [0.2, 0.25) is 0 Å². The van der Waals surface area contributed by atoms with Crippen molar-refractivity contribution in [1.29, 1.82) is 0 Å². The van der Waals surface area contributed by atoms with Gasteiger partial charge in [0.05, 0.1) is 6.10 Å². The number of aromatic nitrogens is 2. The lowest BCUT2D eigenvalue weighted by atomic mass is 9.91. The van der Waals surface area contributed by atoms with Crippen molar-refractivity contribution in [2.45, 2.75) is 25.0 Å². The van der Waals surface area contributed by atoms with Gasteiger partial charge in [-0.05, 0) is 41.3 Å². The molecule has 1 aliphatic rings. The number of methoxy groups -OCH3 is 1. The summed E-state index contributed by atoms with van der Waals surface area (Å²) in [7, 11) is 1.64. The van der Waals surface area contributed by atoms with Crippen molar-refractivity contribution in [2.24, 2.45) is 5.92 Å². The van der Waals surface area contributed by atoms with Crippen molar-refractivity contribution in [2.75, 3.05) is 7.11 Å². The largest absolute Gasteiger partial charge is 0.376 e. The molecule has 1 aromatic heterocycles. The van der Waals surface area contributed by atoms with Crippen LogP contribution in [0.25, 0.3) is 0 Å². The highest BCUT2D eigenvalue weighted by molar-refractivity contribution is 5.86. The molecule has 2 aromatic carbocycles. The second-order valence-electron chi connectivity index (χ2n) is 7.25. The molecule has 5 nitrogen and oxygen atoms in total. The Morgan fingerprint density at radius 3 is 2.66 bits per heavy atom. The van der Waals surface area contributed by atoms with Crippen LogP contribution < -0.4 is 5.56 Å². The van der Waals surface area contributed by atoms with Gasteiger partial charge in [0.1, 0.15) is 11.9 Å². The second kappa shape index (κ2) is 8.09. The Morgan fingerprint density at radius 2 is 1.93 bits per heavy atom. The fourth-order valence-electron chi connectivity index (χ4n) is 4.18. The maximum atomic E-state index is 13.4. The van der Waals surface area contributed by atoms with Crippen LogP contribution in [0.4, 0.5) is 4.39 Å². The van der Waals surface area contributed by atoms with Crippen molar-refractivity contribution in [3.63, 3.8) is 0 Å². The van der Waals surface area contributed by atoms with Gasteiger partial charge in [-0.2, -0.15) is 5.10 Å². The maximum Gasteiger partial charge on any atom is 0.267 e. The molecule has 1 aliphatic carbocycles. The van der Waals surface area contributed by atoms with Crippen molar-refractivity contribution in [3.8, 4) is 0 Å². The van der Waals surface area contributed by atoms with Crippen LogP contribution in [0.1, 0.15) is 35.3 Å². The lowest BCUT2D eigenvalue weighted by Gasteiger charge is -2.22. The average Bonchev–Trinajstić information content (AvgIpc) is 3.08. The Bertz CT molecular complexity index is 1080. The van der Waals surface area contributed by atoms with Gasteiger partial charge in [-0.1, -0.05) is 36.4 Å². The topological polar surface area (TPSA) is 61.2 Å². The van der Waals surface area contributed by atoms with E-state index >= 15 is 0 Å². The number of carbonyl (C=O) groups excluding carboxylic acids is 1. The fraction of sp³-hybridized carbons (Fsp3) is 0.261. The van der Waals surface area contributed by atoms with E-state index in [2.05, 4.69) is 5.10 Å². The van der Waals surface area contributed by atoms with Gasteiger partial charge >= 0.3 is 0 Å². The van der Waals surface area contributed by atoms with Crippen LogP contribution in [0.15, 0.2) is 71.7 Å².